The topological polar surface area (TPSA) is 12.0 Å². The van der Waals surface area contributed by atoms with Crippen molar-refractivity contribution >= 4 is 0 Å². The van der Waals surface area contributed by atoms with Gasteiger partial charge in [-0.15, -0.1) is 0 Å². The van der Waals surface area contributed by atoms with E-state index in [1.54, 1.807) is 0 Å². The lowest BCUT2D eigenvalue weighted by molar-refractivity contribution is 0.0783. The molecule has 12 heavy (non-hydrogen) atoms. The van der Waals surface area contributed by atoms with Crippen LogP contribution in [0.25, 0.3) is 0 Å². The smallest absolute Gasteiger partial charge is 0.00467 e. The van der Waals surface area contributed by atoms with Crippen LogP contribution in [0.2, 0.25) is 0 Å². The summed E-state index contributed by atoms with van der Waals surface area (Å²) in [5, 5.41) is 3.21. The van der Waals surface area contributed by atoms with Crippen LogP contribution in [0.5, 0.6) is 0 Å². The Labute approximate surface area is 77.9 Å². The predicted molar refractivity (Wildman–Crippen MR) is 56.4 cm³/mol. The lowest BCUT2D eigenvalue weighted by Crippen LogP contribution is -2.35. The molecule has 1 saturated carbocycles. The molecule has 0 saturated heterocycles. The molecule has 1 fully saturated rings. The van der Waals surface area contributed by atoms with Gasteiger partial charge in [-0.25, -0.2) is 0 Å². The van der Waals surface area contributed by atoms with Crippen molar-refractivity contribution in [3.05, 3.63) is 0 Å². The molecule has 0 unspecified atom stereocenters. The summed E-state index contributed by atoms with van der Waals surface area (Å²) in [7, 11) is 2.03. The van der Waals surface area contributed by atoms with Crippen LogP contribution in [0.4, 0.5) is 0 Å². The Morgan fingerprint density at radius 3 is 2.17 bits per heavy atom. The summed E-state index contributed by atoms with van der Waals surface area (Å²) in [6.45, 7) is 9.94. The molecule has 1 rings (SSSR count). The quantitative estimate of drug-likeness (QED) is 0.688. The minimum atomic E-state index is 0.683. The molecule has 1 aliphatic rings. The molecule has 1 heteroatoms. The van der Waals surface area contributed by atoms with Gasteiger partial charge in [0.05, 0.1) is 0 Å². The van der Waals surface area contributed by atoms with E-state index in [4.69, 9.17) is 0 Å². The van der Waals surface area contributed by atoms with Gasteiger partial charge in [-0.1, -0.05) is 27.7 Å². The molecule has 0 aromatic rings. The summed E-state index contributed by atoms with van der Waals surface area (Å²) >= 11 is 0. The Kier molecular flexibility index (Phi) is 5.56. The fourth-order valence-corrected chi connectivity index (χ4v) is 2.25. The van der Waals surface area contributed by atoms with E-state index in [1.807, 2.05) is 20.9 Å². The first kappa shape index (κ1) is 12.0. The first-order chi connectivity index (χ1) is 5.66. The van der Waals surface area contributed by atoms with E-state index in [9.17, 15) is 0 Å². The van der Waals surface area contributed by atoms with E-state index < -0.39 is 0 Å². The fourth-order valence-electron chi connectivity index (χ4n) is 2.25. The standard InChI is InChI=1S/C9H19N.C2H6/c1-8-6-9(2,7-8)4-5-10-3;1-2/h8,10H,4-7H2,1-3H3;1-2H3. The maximum atomic E-state index is 3.21. The van der Waals surface area contributed by atoms with Crippen molar-refractivity contribution in [2.24, 2.45) is 11.3 Å². The van der Waals surface area contributed by atoms with E-state index in [1.165, 1.54) is 25.8 Å². The minimum absolute atomic E-state index is 0.683. The van der Waals surface area contributed by atoms with E-state index in [0.29, 0.717) is 5.41 Å². The van der Waals surface area contributed by atoms with Gasteiger partial charge in [-0.2, -0.15) is 0 Å². The van der Waals surface area contributed by atoms with Crippen LogP contribution >= 0.6 is 0 Å². The van der Waals surface area contributed by atoms with Crippen LogP contribution in [-0.4, -0.2) is 13.6 Å². The van der Waals surface area contributed by atoms with Crippen molar-refractivity contribution < 1.29 is 0 Å². The molecule has 1 aliphatic carbocycles. The molecule has 0 aromatic heterocycles. The highest BCUT2D eigenvalue weighted by Gasteiger charge is 2.36. The Hall–Kier alpha value is -0.0400. The maximum absolute atomic E-state index is 3.21. The van der Waals surface area contributed by atoms with Crippen molar-refractivity contribution in [2.45, 2.75) is 47.0 Å². The second-order valence-electron chi connectivity index (χ2n) is 4.18. The first-order valence-electron chi connectivity index (χ1n) is 5.31. The molecular weight excluding hydrogens is 146 g/mol. The Balaban J connectivity index is 0.000000561. The van der Waals surface area contributed by atoms with Crippen molar-refractivity contribution in [1.29, 1.82) is 0 Å². The molecule has 0 aliphatic heterocycles. The number of rotatable bonds is 3. The minimum Gasteiger partial charge on any atom is -0.320 e. The van der Waals surface area contributed by atoms with Crippen LogP contribution in [0.15, 0.2) is 0 Å². The summed E-state index contributed by atoms with van der Waals surface area (Å²) in [6.07, 6.45) is 4.23. The van der Waals surface area contributed by atoms with Gasteiger partial charge in [0, 0.05) is 0 Å². The van der Waals surface area contributed by atoms with E-state index in [-0.39, 0.29) is 0 Å². The number of hydrogen-bond donors (Lipinski definition) is 1. The summed E-state index contributed by atoms with van der Waals surface area (Å²) in [6, 6.07) is 0. The molecule has 1 N–H and O–H groups in total. The monoisotopic (exact) mass is 171 g/mol. The van der Waals surface area contributed by atoms with Gasteiger partial charge in [0.15, 0.2) is 0 Å². The Morgan fingerprint density at radius 2 is 1.83 bits per heavy atom. The molecule has 0 bridgehead atoms. The molecule has 0 radical (unpaired) electrons. The first-order valence-corrected chi connectivity index (χ1v) is 5.31. The summed E-state index contributed by atoms with van der Waals surface area (Å²) < 4.78 is 0. The highest BCUT2D eigenvalue weighted by atomic mass is 14.8. The molecule has 1 nitrogen and oxygen atoms in total. The third-order valence-corrected chi connectivity index (χ3v) is 2.66. The van der Waals surface area contributed by atoms with Crippen LogP contribution < -0.4 is 5.32 Å². The molecule has 74 valence electrons. The van der Waals surface area contributed by atoms with Crippen molar-refractivity contribution in [3.8, 4) is 0 Å². The zero-order valence-corrected chi connectivity index (χ0v) is 9.41. The number of hydrogen-bond acceptors (Lipinski definition) is 1. The second kappa shape index (κ2) is 5.58. The third kappa shape index (κ3) is 3.57. The normalized spacial score (nSPS) is 33.2. The zero-order valence-electron chi connectivity index (χ0n) is 9.41. The van der Waals surface area contributed by atoms with Crippen molar-refractivity contribution in [2.75, 3.05) is 13.6 Å². The van der Waals surface area contributed by atoms with Gasteiger partial charge in [-0.05, 0) is 44.2 Å². The molecule has 0 aromatic carbocycles. The summed E-state index contributed by atoms with van der Waals surface area (Å²) in [5.41, 5.74) is 0.683. The highest BCUT2D eigenvalue weighted by molar-refractivity contribution is 4.88. The second-order valence-corrected chi connectivity index (χ2v) is 4.18. The summed E-state index contributed by atoms with van der Waals surface area (Å²) in [5.74, 6) is 0.988. The number of nitrogens with one attached hydrogen (secondary N) is 1. The van der Waals surface area contributed by atoms with Crippen LogP contribution in [0, 0.1) is 11.3 Å². The molecule has 0 atom stereocenters. The average Bonchev–Trinajstić information content (AvgIpc) is 2.02. The zero-order chi connectivity index (χ0) is 9.61. The fraction of sp³-hybridized carbons (Fsp3) is 1.00. The molecule has 0 heterocycles. The largest absolute Gasteiger partial charge is 0.320 e. The predicted octanol–water partition coefficient (Wildman–Crippen LogP) is 3.06. The van der Waals surface area contributed by atoms with Gasteiger partial charge in [-0.3, -0.25) is 0 Å². The molecule has 0 amide bonds. The molecular formula is C11H25N. The van der Waals surface area contributed by atoms with Gasteiger partial charge in [0.1, 0.15) is 0 Å². The maximum Gasteiger partial charge on any atom is -0.00467 e. The third-order valence-electron chi connectivity index (χ3n) is 2.66. The van der Waals surface area contributed by atoms with Crippen molar-refractivity contribution in [3.63, 3.8) is 0 Å². The van der Waals surface area contributed by atoms with E-state index in [0.717, 1.165) is 5.92 Å². The molecule has 0 spiro atoms. The van der Waals surface area contributed by atoms with Gasteiger partial charge in [0.25, 0.3) is 0 Å². The van der Waals surface area contributed by atoms with Crippen LogP contribution in [-0.2, 0) is 0 Å². The Bertz CT molecular complexity index is 104. The summed E-state index contributed by atoms with van der Waals surface area (Å²) in [4.78, 5) is 0. The lowest BCUT2D eigenvalue weighted by atomic mass is 9.62. The van der Waals surface area contributed by atoms with E-state index >= 15 is 0 Å². The Morgan fingerprint density at radius 1 is 1.33 bits per heavy atom. The highest BCUT2D eigenvalue weighted by Crippen LogP contribution is 2.47. The van der Waals surface area contributed by atoms with E-state index in [2.05, 4.69) is 19.2 Å². The lowest BCUT2D eigenvalue weighted by Gasteiger charge is -2.44. The average molecular weight is 171 g/mol. The van der Waals surface area contributed by atoms with Crippen LogP contribution in [0.1, 0.15) is 47.0 Å². The van der Waals surface area contributed by atoms with Gasteiger partial charge < -0.3 is 5.32 Å². The van der Waals surface area contributed by atoms with Gasteiger partial charge >= 0.3 is 0 Å². The van der Waals surface area contributed by atoms with Gasteiger partial charge in [0.2, 0.25) is 0 Å². The van der Waals surface area contributed by atoms with Crippen molar-refractivity contribution in [1.82, 2.24) is 5.32 Å². The SMILES string of the molecule is CC.CNCCC1(C)CC(C)C1. The van der Waals surface area contributed by atoms with Crippen LogP contribution in [0.3, 0.4) is 0 Å².